The van der Waals surface area contributed by atoms with Crippen molar-refractivity contribution in [3.63, 3.8) is 0 Å². The Bertz CT molecular complexity index is 782. The molecule has 5 heteroatoms. The number of rotatable bonds is 6. The van der Waals surface area contributed by atoms with Crippen molar-refractivity contribution in [2.75, 3.05) is 6.86 Å². The second-order valence-corrected chi connectivity index (χ2v) is 7.24. The summed E-state index contributed by atoms with van der Waals surface area (Å²) in [6.45, 7) is 1.01. The highest BCUT2D eigenvalue weighted by Crippen LogP contribution is 2.40. The smallest absolute Gasteiger partial charge is 0.228 e. The van der Waals surface area contributed by atoms with Gasteiger partial charge in [0.15, 0.2) is 23.2 Å². The number of hydrogen-bond donors (Lipinski definition) is 0. The van der Waals surface area contributed by atoms with Gasteiger partial charge in [-0.1, -0.05) is 38.0 Å². The Balaban J connectivity index is 1.82. The summed E-state index contributed by atoms with van der Waals surface area (Å²) < 4.78 is 60.0. The minimum Gasteiger partial charge on any atom is -0.460 e. The highest BCUT2D eigenvalue weighted by Gasteiger charge is 2.26. The van der Waals surface area contributed by atoms with E-state index in [1.54, 1.807) is 6.07 Å². The maximum Gasteiger partial charge on any atom is 0.228 e. The zero-order valence-corrected chi connectivity index (χ0v) is 15.4. The molecule has 1 aliphatic carbocycles. The van der Waals surface area contributed by atoms with Crippen LogP contribution >= 0.6 is 0 Å². The lowest BCUT2D eigenvalue weighted by Gasteiger charge is -2.29. The van der Waals surface area contributed by atoms with Gasteiger partial charge >= 0.3 is 0 Å². The van der Waals surface area contributed by atoms with E-state index in [4.69, 9.17) is 0 Å². The summed E-state index contributed by atoms with van der Waals surface area (Å²) in [5.74, 6) is -2.19. The van der Waals surface area contributed by atoms with Crippen molar-refractivity contribution >= 4 is 0 Å². The number of alkyl halides is 1. The third kappa shape index (κ3) is 4.28. The van der Waals surface area contributed by atoms with Crippen LogP contribution in [0, 0.1) is 23.4 Å². The Morgan fingerprint density at radius 2 is 1.70 bits per heavy atom. The largest absolute Gasteiger partial charge is 0.460 e. The van der Waals surface area contributed by atoms with Crippen LogP contribution in [0.3, 0.4) is 0 Å². The normalized spacial score (nSPS) is 19.9. The van der Waals surface area contributed by atoms with Crippen LogP contribution < -0.4 is 4.74 Å². The summed E-state index contributed by atoms with van der Waals surface area (Å²) in [6, 6.07) is 6.74. The third-order valence-corrected chi connectivity index (χ3v) is 5.55. The topological polar surface area (TPSA) is 9.23 Å². The Hall–Kier alpha value is -2.04. The molecule has 1 fully saturated rings. The van der Waals surface area contributed by atoms with E-state index in [9.17, 15) is 17.6 Å². The van der Waals surface area contributed by atoms with Crippen molar-refractivity contribution in [3.05, 3.63) is 53.3 Å². The summed E-state index contributed by atoms with van der Waals surface area (Å²) in [5, 5.41) is 0. The molecule has 1 aliphatic rings. The maximum absolute atomic E-state index is 14.7. The first-order chi connectivity index (χ1) is 13.0. The number of halogens is 4. The Kier molecular flexibility index (Phi) is 6.40. The Labute approximate surface area is 157 Å². The molecule has 1 saturated carbocycles. The van der Waals surface area contributed by atoms with Crippen molar-refractivity contribution in [1.82, 2.24) is 0 Å². The highest BCUT2D eigenvalue weighted by molar-refractivity contribution is 5.66. The van der Waals surface area contributed by atoms with E-state index in [0.717, 1.165) is 38.2 Å². The lowest BCUT2D eigenvalue weighted by Crippen LogP contribution is -2.15. The quantitative estimate of drug-likeness (QED) is 0.484. The minimum absolute atomic E-state index is 0.0124. The molecule has 0 N–H and O–H groups in total. The Morgan fingerprint density at radius 3 is 2.33 bits per heavy atom. The minimum atomic E-state index is -1.16. The van der Waals surface area contributed by atoms with Gasteiger partial charge in [0.1, 0.15) is 0 Å². The van der Waals surface area contributed by atoms with Crippen molar-refractivity contribution in [1.29, 1.82) is 0 Å². The first-order valence-electron chi connectivity index (χ1n) is 9.51. The summed E-state index contributed by atoms with van der Waals surface area (Å²) in [6.07, 6.45) is 6.16. The Morgan fingerprint density at radius 1 is 0.963 bits per heavy atom. The zero-order valence-electron chi connectivity index (χ0n) is 15.4. The molecular weight excluding hydrogens is 356 g/mol. The molecule has 0 bridgehead atoms. The fourth-order valence-corrected chi connectivity index (χ4v) is 4.12. The van der Waals surface area contributed by atoms with Crippen molar-refractivity contribution in [2.45, 2.75) is 51.4 Å². The predicted octanol–water partition coefficient (Wildman–Crippen LogP) is 7.15. The van der Waals surface area contributed by atoms with Gasteiger partial charge in [-0.05, 0) is 60.8 Å². The molecule has 2 aromatic carbocycles. The van der Waals surface area contributed by atoms with E-state index in [-0.39, 0.29) is 22.8 Å². The molecular formula is C22H24F4O. The van der Waals surface area contributed by atoms with Gasteiger partial charge in [0.05, 0.1) is 0 Å². The van der Waals surface area contributed by atoms with Crippen LogP contribution in [0.1, 0.15) is 56.9 Å². The van der Waals surface area contributed by atoms with Crippen LogP contribution in [0.4, 0.5) is 17.6 Å². The first-order valence-corrected chi connectivity index (χ1v) is 9.51. The van der Waals surface area contributed by atoms with Gasteiger partial charge in [0.2, 0.25) is 6.86 Å². The lowest BCUT2D eigenvalue weighted by atomic mass is 9.77. The monoisotopic (exact) mass is 380 g/mol. The molecule has 0 amide bonds. The molecule has 3 rings (SSSR count). The summed E-state index contributed by atoms with van der Waals surface area (Å²) >= 11 is 0. The van der Waals surface area contributed by atoms with Gasteiger partial charge in [0, 0.05) is 5.56 Å². The van der Waals surface area contributed by atoms with Crippen LogP contribution in [-0.2, 0) is 0 Å². The van der Waals surface area contributed by atoms with E-state index in [1.165, 1.54) is 24.6 Å². The fourth-order valence-electron chi connectivity index (χ4n) is 4.12. The third-order valence-electron chi connectivity index (χ3n) is 5.55. The van der Waals surface area contributed by atoms with Crippen molar-refractivity contribution in [2.24, 2.45) is 5.92 Å². The number of benzene rings is 2. The molecule has 0 radical (unpaired) electrons. The summed E-state index contributed by atoms with van der Waals surface area (Å²) in [5.41, 5.74) is 0.582. The molecule has 0 atom stereocenters. The molecule has 0 aromatic heterocycles. The lowest BCUT2D eigenvalue weighted by molar-refractivity contribution is 0.184. The summed E-state index contributed by atoms with van der Waals surface area (Å²) in [7, 11) is 0. The summed E-state index contributed by atoms with van der Waals surface area (Å²) in [4.78, 5) is 0. The van der Waals surface area contributed by atoms with Crippen LogP contribution in [-0.4, -0.2) is 6.86 Å². The standard InChI is InChI=1S/C22H24F4O/c1-2-3-14-4-6-15(7-5-14)17-9-10-18(22(26)21(17)25)16-8-11-20(27-13-23)19(24)12-16/h8-12,14-15H,2-7,13H2,1H3. The highest BCUT2D eigenvalue weighted by atomic mass is 19.2. The zero-order chi connectivity index (χ0) is 19.4. The molecule has 27 heavy (non-hydrogen) atoms. The number of hydrogen-bond acceptors (Lipinski definition) is 1. The molecule has 0 unspecified atom stereocenters. The SMILES string of the molecule is CCCC1CCC(c2ccc(-c3ccc(OCF)c(F)c3)c(F)c2F)CC1. The van der Waals surface area contributed by atoms with Crippen molar-refractivity contribution in [3.8, 4) is 16.9 Å². The van der Waals surface area contributed by atoms with Crippen LogP contribution in [0.2, 0.25) is 0 Å². The van der Waals surface area contributed by atoms with Gasteiger partial charge in [-0.3, -0.25) is 0 Å². The van der Waals surface area contributed by atoms with Crippen LogP contribution in [0.5, 0.6) is 5.75 Å². The average molecular weight is 380 g/mol. The van der Waals surface area contributed by atoms with Gasteiger partial charge in [-0.15, -0.1) is 0 Å². The molecule has 1 nitrogen and oxygen atoms in total. The van der Waals surface area contributed by atoms with Gasteiger partial charge in [-0.2, -0.15) is 0 Å². The maximum atomic E-state index is 14.7. The number of ether oxygens (including phenoxy) is 1. The average Bonchev–Trinajstić information content (AvgIpc) is 2.67. The van der Waals surface area contributed by atoms with Crippen molar-refractivity contribution < 1.29 is 22.3 Å². The van der Waals surface area contributed by atoms with E-state index < -0.39 is 24.3 Å². The fraction of sp³-hybridized carbons (Fsp3) is 0.455. The van der Waals surface area contributed by atoms with E-state index in [2.05, 4.69) is 11.7 Å². The van der Waals surface area contributed by atoms with Gasteiger partial charge in [0.25, 0.3) is 0 Å². The molecule has 2 aromatic rings. The molecule has 146 valence electrons. The van der Waals surface area contributed by atoms with E-state index in [1.807, 2.05) is 0 Å². The first kappa shape index (κ1) is 19.7. The second kappa shape index (κ2) is 8.77. The molecule has 0 heterocycles. The van der Waals surface area contributed by atoms with Crippen LogP contribution in [0.25, 0.3) is 11.1 Å². The molecule has 0 spiro atoms. The predicted molar refractivity (Wildman–Crippen MR) is 98.0 cm³/mol. The molecule has 0 aliphatic heterocycles. The van der Waals surface area contributed by atoms with Crippen LogP contribution in [0.15, 0.2) is 30.3 Å². The van der Waals surface area contributed by atoms with E-state index in [0.29, 0.717) is 11.5 Å². The van der Waals surface area contributed by atoms with Gasteiger partial charge < -0.3 is 4.74 Å². The van der Waals surface area contributed by atoms with E-state index >= 15 is 0 Å². The second-order valence-electron chi connectivity index (χ2n) is 7.24. The molecule has 0 saturated heterocycles. The van der Waals surface area contributed by atoms with Gasteiger partial charge in [-0.25, -0.2) is 17.6 Å².